The molecule has 0 aliphatic rings. The smallest absolute Gasteiger partial charge is 0.320 e. The lowest BCUT2D eigenvalue weighted by atomic mass is 10.2. The van der Waals surface area contributed by atoms with Crippen LogP contribution in [0.15, 0.2) is 0 Å². The SMILES string of the molecule is CSCC[C@H](NCF)C(=O)O. The van der Waals surface area contributed by atoms with Crippen LogP contribution in [0.4, 0.5) is 4.39 Å². The number of alkyl halides is 1. The number of aliphatic carboxylic acids is 1. The summed E-state index contributed by atoms with van der Waals surface area (Å²) in [5.41, 5.74) is 0. The molecular formula is C6H12FNO2S. The fraction of sp³-hybridized carbons (Fsp3) is 0.833. The molecule has 3 nitrogen and oxygen atoms in total. The first-order valence-electron chi connectivity index (χ1n) is 3.23. The molecule has 0 aromatic rings. The van der Waals surface area contributed by atoms with E-state index in [1.54, 1.807) is 11.8 Å². The highest BCUT2D eigenvalue weighted by Gasteiger charge is 2.14. The Morgan fingerprint density at radius 2 is 2.45 bits per heavy atom. The zero-order chi connectivity index (χ0) is 8.69. The Kier molecular flexibility index (Phi) is 6.25. The van der Waals surface area contributed by atoms with Gasteiger partial charge < -0.3 is 5.11 Å². The molecule has 0 aromatic heterocycles. The van der Waals surface area contributed by atoms with Gasteiger partial charge in [-0.1, -0.05) is 0 Å². The van der Waals surface area contributed by atoms with Gasteiger partial charge in [-0.15, -0.1) is 0 Å². The lowest BCUT2D eigenvalue weighted by Gasteiger charge is -2.09. The fourth-order valence-electron chi connectivity index (χ4n) is 0.642. The minimum atomic E-state index is -0.989. The zero-order valence-electron chi connectivity index (χ0n) is 6.34. The average Bonchev–Trinajstić information content (AvgIpc) is 1.97. The normalized spacial score (nSPS) is 12.9. The van der Waals surface area contributed by atoms with Gasteiger partial charge in [-0.3, -0.25) is 10.1 Å². The van der Waals surface area contributed by atoms with Crippen molar-refractivity contribution in [3.8, 4) is 0 Å². The van der Waals surface area contributed by atoms with Gasteiger partial charge in [-0.05, 0) is 18.4 Å². The van der Waals surface area contributed by atoms with Gasteiger partial charge in [0.25, 0.3) is 0 Å². The number of carboxylic acids is 1. The first-order valence-corrected chi connectivity index (χ1v) is 4.62. The standard InChI is InChI=1S/C6H12FNO2S/c1-11-3-2-5(6(9)10)8-4-7/h5,8H,2-4H2,1H3,(H,9,10)/t5-/m0/s1. The number of halogens is 1. The maximum Gasteiger partial charge on any atom is 0.320 e. The minimum Gasteiger partial charge on any atom is -0.480 e. The summed E-state index contributed by atoms with van der Waals surface area (Å²) < 4.78 is 11.6. The Morgan fingerprint density at radius 1 is 1.82 bits per heavy atom. The maximum atomic E-state index is 11.6. The van der Waals surface area contributed by atoms with E-state index in [1.165, 1.54) is 0 Å². The van der Waals surface area contributed by atoms with Gasteiger partial charge >= 0.3 is 5.97 Å². The van der Waals surface area contributed by atoms with Crippen LogP contribution in [-0.2, 0) is 4.79 Å². The van der Waals surface area contributed by atoms with Crippen molar-refractivity contribution in [3.63, 3.8) is 0 Å². The third-order valence-electron chi connectivity index (χ3n) is 1.23. The van der Waals surface area contributed by atoms with Crippen molar-refractivity contribution < 1.29 is 14.3 Å². The monoisotopic (exact) mass is 181 g/mol. The van der Waals surface area contributed by atoms with Crippen LogP contribution in [0.25, 0.3) is 0 Å². The number of thioether (sulfide) groups is 1. The molecule has 0 amide bonds. The summed E-state index contributed by atoms with van der Waals surface area (Å²) in [6.45, 7) is -0.786. The van der Waals surface area contributed by atoms with Crippen LogP contribution in [0.2, 0.25) is 0 Å². The van der Waals surface area contributed by atoms with Gasteiger partial charge in [-0.2, -0.15) is 11.8 Å². The molecule has 0 saturated heterocycles. The van der Waals surface area contributed by atoms with Crippen LogP contribution in [-0.4, -0.2) is 35.9 Å². The van der Waals surface area contributed by atoms with E-state index in [1.807, 2.05) is 6.26 Å². The predicted molar refractivity (Wildman–Crippen MR) is 43.5 cm³/mol. The first kappa shape index (κ1) is 10.7. The number of hydrogen-bond acceptors (Lipinski definition) is 3. The van der Waals surface area contributed by atoms with Gasteiger partial charge in [0.05, 0.1) is 0 Å². The summed E-state index contributed by atoms with van der Waals surface area (Å²) in [5, 5.41) is 10.7. The summed E-state index contributed by atoms with van der Waals surface area (Å²) >= 11 is 1.55. The average molecular weight is 181 g/mol. The summed E-state index contributed by atoms with van der Waals surface area (Å²) in [6, 6.07) is -0.743. The molecule has 1 atom stereocenters. The summed E-state index contributed by atoms with van der Waals surface area (Å²) in [7, 11) is 0. The molecule has 0 saturated carbocycles. The summed E-state index contributed by atoms with van der Waals surface area (Å²) in [6.07, 6.45) is 2.34. The summed E-state index contributed by atoms with van der Waals surface area (Å²) in [5.74, 6) is -0.263. The van der Waals surface area contributed by atoms with E-state index >= 15 is 0 Å². The second kappa shape index (κ2) is 6.42. The number of rotatable bonds is 6. The Hall–Kier alpha value is -0.290. The fourth-order valence-corrected chi connectivity index (χ4v) is 1.11. The van der Waals surface area contributed by atoms with E-state index in [0.29, 0.717) is 6.42 Å². The van der Waals surface area contributed by atoms with E-state index in [0.717, 1.165) is 5.75 Å². The van der Waals surface area contributed by atoms with Crippen LogP contribution in [0, 0.1) is 0 Å². The lowest BCUT2D eigenvalue weighted by molar-refractivity contribution is -0.139. The van der Waals surface area contributed by atoms with Crippen molar-refractivity contribution in [2.45, 2.75) is 12.5 Å². The van der Waals surface area contributed by atoms with E-state index in [2.05, 4.69) is 5.32 Å². The Morgan fingerprint density at radius 3 is 2.82 bits per heavy atom. The summed E-state index contributed by atoms with van der Waals surface area (Å²) in [4.78, 5) is 10.4. The highest BCUT2D eigenvalue weighted by atomic mass is 32.2. The lowest BCUT2D eigenvalue weighted by Crippen LogP contribution is -2.36. The molecule has 0 fully saturated rings. The number of carbonyl (C=O) groups is 1. The van der Waals surface area contributed by atoms with Crippen LogP contribution in [0.3, 0.4) is 0 Å². The number of carboxylic acid groups (broad SMARTS) is 1. The van der Waals surface area contributed by atoms with Gasteiger partial charge in [0, 0.05) is 0 Å². The molecule has 5 heteroatoms. The van der Waals surface area contributed by atoms with Crippen LogP contribution >= 0.6 is 11.8 Å². The Balaban J connectivity index is 3.60. The largest absolute Gasteiger partial charge is 0.480 e. The molecule has 0 rings (SSSR count). The quantitative estimate of drug-likeness (QED) is 0.592. The van der Waals surface area contributed by atoms with Gasteiger partial charge in [0.1, 0.15) is 12.8 Å². The molecule has 0 aliphatic carbocycles. The molecule has 2 N–H and O–H groups in total. The third-order valence-corrected chi connectivity index (χ3v) is 1.88. The number of hydrogen-bond donors (Lipinski definition) is 2. The van der Waals surface area contributed by atoms with Gasteiger partial charge in [0.15, 0.2) is 0 Å². The molecule has 0 bridgehead atoms. The van der Waals surface area contributed by atoms with E-state index in [-0.39, 0.29) is 0 Å². The molecular weight excluding hydrogens is 169 g/mol. The molecule has 0 unspecified atom stereocenters. The molecule has 0 heterocycles. The topological polar surface area (TPSA) is 49.3 Å². The number of nitrogens with one attached hydrogen (secondary N) is 1. The van der Waals surface area contributed by atoms with Crippen LogP contribution in [0.5, 0.6) is 0 Å². The van der Waals surface area contributed by atoms with Crippen molar-refractivity contribution in [2.75, 3.05) is 18.8 Å². The second-order valence-electron chi connectivity index (χ2n) is 2.01. The zero-order valence-corrected chi connectivity index (χ0v) is 7.16. The molecule has 0 radical (unpaired) electrons. The third kappa shape index (κ3) is 5.03. The van der Waals surface area contributed by atoms with Crippen LogP contribution < -0.4 is 5.32 Å². The van der Waals surface area contributed by atoms with Crippen molar-refractivity contribution in [3.05, 3.63) is 0 Å². The van der Waals surface area contributed by atoms with Crippen molar-refractivity contribution in [1.29, 1.82) is 0 Å². The van der Waals surface area contributed by atoms with Gasteiger partial charge in [-0.25, -0.2) is 4.39 Å². The minimum absolute atomic E-state index is 0.459. The van der Waals surface area contributed by atoms with E-state index < -0.39 is 18.8 Å². The highest BCUT2D eigenvalue weighted by molar-refractivity contribution is 7.98. The molecule has 66 valence electrons. The van der Waals surface area contributed by atoms with Crippen molar-refractivity contribution in [2.24, 2.45) is 0 Å². The highest BCUT2D eigenvalue weighted by Crippen LogP contribution is 2.00. The van der Waals surface area contributed by atoms with E-state index in [4.69, 9.17) is 5.11 Å². The molecule has 11 heavy (non-hydrogen) atoms. The Bertz CT molecular complexity index is 123. The van der Waals surface area contributed by atoms with Crippen LogP contribution in [0.1, 0.15) is 6.42 Å². The predicted octanol–water partition coefficient (Wildman–Crippen LogP) is 0.709. The first-order chi connectivity index (χ1) is 5.22. The second-order valence-corrected chi connectivity index (χ2v) is 3.00. The maximum absolute atomic E-state index is 11.6. The Labute approximate surface area is 69.4 Å². The van der Waals surface area contributed by atoms with Crippen molar-refractivity contribution in [1.82, 2.24) is 5.32 Å². The molecule has 0 spiro atoms. The molecule has 0 aromatic carbocycles. The molecule has 0 aliphatic heterocycles. The van der Waals surface area contributed by atoms with Crippen molar-refractivity contribution >= 4 is 17.7 Å². The van der Waals surface area contributed by atoms with E-state index in [9.17, 15) is 9.18 Å². The van der Waals surface area contributed by atoms with Gasteiger partial charge in [0.2, 0.25) is 0 Å².